The van der Waals surface area contributed by atoms with Gasteiger partial charge in [-0.3, -0.25) is 9.59 Å². The van der Waals surface area contributed by atoms with E-state index in [1.807, 2.05) is 92.7 Å². The van der Waals surface area contributed by atoms with Crippen molar-refractivity contribution in [2.24, 2.45) is 0 Å². The second kappa shape index (κ2) is 11.0. The molecule has 1 N–H and O–H groups in total. The summed E-state index contributed by atoms with van der Waals surface area (Å²) in [5.41, 5.74) is 3.70. The fraction of sp³-hybridized carbons (Fsp3) is 0.310. The normalized spacial score (nSPS) is 16.0. The Balaban J connectivity index is 1.59. The van der Waals surface area contributed by atoms with E-state index in [1.165, 1.54) is 0 Å². The van der Waals surface area contributed by atoms with Crippen molar-refractivity contribution in [3.05, 3.63) is 90.0 Å². The van der Waals surface area contributed by atoms with Crippen molar-refractivity contribution in [1.29, 1.82) is 0 Å². The van der Waals surface area contributed by atoms with Crippen LogP contribution in [0, 0.1) is 0 Å². The van der Waals surface area contributed by atoms with Crippen LogP contribution >= 0.6 is 0 Å². The van der Waals surface area contributed by atoms with Crippen LogP contribution in [0.3, 0.4) is 0 Å². The van der Waals surface area contributed by atoms with E-state index in [2.05, 4.69) is 5.32 Å². The van der Waals surface area contributed by atoms with Crippen LogP contribution in [-0.4, -0.2) is 35.4 Å². The van der Waals surface area contributed by atoms with Crippen LogP contribution in [-0.2, 0) is 11.3 Å². The highest BCUT2D eigenvalue weighted by atomic mass is 16.5. The Morgan fingerprint density at radius 2 is 1.62 bits per heavy atom. The van der Waals surface area contributed by atoms with E-state index in [9.17, 15) is 9.59 Å². The maximum Gasteiger partial charge on any atom is 0.254 e. The van der Waals surface area contributed by atoms with E-state index in [0.29, 0.717) is 25.1 Å². The van der Waals surface area contributed by atoms with Gasteiger partial charge < -0.3 is 15.0 Å². The molecule has 0 radical (unpaired) electrons. The number of nitrogens with one attached hydrogen (secondary N) is 1. The molecule has 1 heterocycles. The smallest absolute Gasteiger partial charge is 0.254 e. The third-order valence-corrected chi connectivity index (χ3v) is 6.03. The molecule has 2 amide bonds. The number of carbonyl (C=O) groups is 2. The van der Waals surface area contributed by atoms with Gasteiger partial charge >= 0.3 is 0 Å². The number of carbonyl (C=O) groups excluding carboxylic acids is 2. The van der Waals surface area contributed by atoms with Gasteiger partial charge in [0, 0.05) is 18.7 Å². The summed E-state index contributed by atoms with van der Waals surface area (Å²) >= 11 is 0. The maximum atomic E-state index is 13.7. The monoisotopic (exact) mass is 456 g/mol. The average molecular weight is 457 g/mol. The Morgan fingerprint density at radius 3 is 2.29 bits per heavy atom. The number of benzene rings is 3. The molecule has 34 heavy (non-hydrogen) atoms. The van der Waals surface area contributed by atoms with Gasteiger partial charge in [0.2, 0.25) is 5.91 Å². The minimum Gasteiger partial charge on any atom is -0.491 e. The third-order valence-electron chi connectivity index (χ3n) is 6.03. The SMILES string of the molecule is CC(C)Oc1ccc(CN(C(=O)c2ccc(-c3ccccc3)cc2)[C@H]2CCCCNC2=O)cc1. The van der Waals surface area contributed by atoms with Gasteiger partial charge in [0.05, 0.1) is 6.10 Å². The van der Waals surface area contributed by atoms with Gasteiger partial charge in [-0.25, -0.2) is 0 Å². The lowest BCUT2D eigenvalue weighted by Gasteiger charge is -2.30. The van der Waals surface area contributed by atoms with Crippen molar-refractivity contribution in [2.45, 2.75) is 51.8 Å². The van der Waals surface area contributed by atoms with E-state index >= 15 is 0 Å². The minimum absolute atomic E-state index is 0.0773. The summed E-state index contributed by atoms with van der Waals surface area (Å²) in [6.07, 6.45) is 2.59. The first-order chi connectivity index (χ1) is 16.5. The van der Waals surface area contributed by atoms with E-state index in [1.54, 1.807) is 4.90 Å². The molecule has 3 aromatic rings. The van der Waals surface area contributed by atoms with Crippen LogP contribution in [0.4, 0.5) is 0 Å². The number of ether oxygens (including phenoxy) is 1. The highest BCUT2D eigenvalue weighted by Gasteiger charge is 2.31. The molecule has 176 valence electrons. The molecule has 1 aliphatic rings. The van der Waals surface area contributed by atoms with Crippen LogP contribution in [0.15, 0.2) is 78.9 Å². The van der Waals surface area contributed by atoms with Crippen molar-refractivity contribution in [3.63, 3.8) is 0 Å². The summed E-state index contributed by atoms with van der Waals surface area (Å²) in [5, 5.41) is 2.98. The minimum atomic E-state index is -0.490. The van der Waals surface area contributed by atoms with E-state index in [-0.39, 0.29) is 17.9 Å². The van der Waals surface area contributed by atoms with Gasteiger partial charge in [0.25, 0.3) is 5.91 Å². The first kappa shape index (κ1) is 23.6. The molecule has 1 aliphatic heterocycles. The van der Waals surface area contributed by atoms with Crippen molar-refractivity contribution in [2.75, 3.05) is 6.54 Å². The molecule has 1 fully saturated rings. The maximum absolute atomic E-state index is 13.7. The predicted molar refractivity (Wildman–Crippen MR) is 135 cm³/mol. The van der Waals surface area contributed by atoms with Crippen LogP contribution in [0.25, 0.3) is 11.1 Å². The van der Waals surface area contributed by atoms with Crippen LogP contribution in [0.2, 0.25) is 0 Å². The summed E-state index contributed by atoms with van der Waals surface area (Å²) in [6, 6.07) is 25.0. The van der Waals surface area contributed by atoms with Gasteiger partial charge in [-0.15, -0.1) is 0 Å². The molecule has 0 bridgehead atoms. The molecule has 0 saturated carbocycles. The fourth-order valence-corrected chi connectivity index (χ4v) is 4.29. The molecule has 0 aromatic heterocycles. The Labute approximate surface area is 201 Å². The molecular formula is C29H32N2O3. The summed E-state index contributed by atoms with van der Waals surface area (Å²) in [5.74, 6) is 0.580. The van der Waals surface area contributed by atoms with Gasteiger partial charge in [-0.05, 0) is 74.1 Å². The van der Waals surface area contributed by atoms with Crippen molar-refractivity contribution < 1.29 is 14.3 Å². The number of hydrogen-bond acceptors (Lipinski definition) is 3. The lowest BCUT2D eigenvalue weighted by molar-refractivity contribution is -0.125. The molecule has 0 aliphatic carbocycles. The molecule has 3 aromatic carbocycles. The summed E-state index contributed by atoms with van der Waals surface area (Å²) in [7, 11) is 0. The second-order valence-corrected chi connectivity index (χ2v) is 8.99. The average Bonchev–Trinajstić information content (AvgIpc) is 3.07. The zero-order chi connectivity index (χ0) is 23.9. The lowest BCUT2D eigenvalue weighted by atomic mass is 10.0. The van der Waals surface area contributed by atoms with E-state index in [0.717, 1.165) is 35.3 Å². The number of hydrogen-bond donors (Lipinski definition) is 1. The second-order valence-electron chi connectivity index (χ2n) is 8.99. The molecule has 1 atom stereocenters. The standard InChI is InChI=1S/C29H32N2O3/c1-21(2)34-26-17-11-22(12-18-26)20-31(27-10-6-7-19-30-28(27)32)29(33)25-15-13-24(14-16-25)23-8-4-3-5-9-23/h3-5,8-9,11-18,21,27H,6-7,10,19-20H2,1-2H3,(H,30,32)/t27-/m0/s1. The molecule has 4 rings (SSSR count). The van der Waals surface area contributed by atoms with Gasteiger partial charge in [-0.1, -0.05) is 54.6 Å². The summed E-state index contributed by atoms with van der Waals surface area (Å²) in [6.45, 7) is 4.99. The zero-order valence-electron chi connectivity index (χ0n) is 19.9. The topological polar surface area (TPSA) is 58.6 Å². The molecule has 0 unspecified atom stereocenters. The molecular weight excluding hydrogens is 424 g/mol. The molecule has 5 heteroatoms. The molecule has 5 nitrogen and oxygen atoms in total. The Morgan fingerprint density at radius 1 is 0.941 bits per heavy atom. The Kier molecular flexibility index (Phi) is 7.63. The van der Waals surface area contributed by atoms with Crippen molar-refractivity contribution in [1.82, 2.24) is 10.2 Å². The largest absolute Gasteiger partial charge is 0.491 e. The number of nitrogens with zero attached hydrogens (tertiary/aromatic N) is 1. The van der Waals surface area contributed by atoms with Gasteiger partial charge in [-0.2, -0.15) is 0 Å². The van der Waals surface area contributed by atoms with Gasteiger partial charge in [0.1, 0.15) is 11.8 Å². The van der Waals surface area contributed by atoms with Crippen LogP contribution in [0.5, 0.6) is 5.75 Å². The lowest BCUT2D eigenvalue weighted by Crippen LogP contribution is -2.48. The first-order valence-electron chi connectivity index (χ1n) is 12.0. The van der Waals surface area contributed by atoms with E-state index < -0.39 is 6.04 Å². The Bertz CT molecular complexity index is 1090. The Hall–Kier alpha value is -3.60. The highest BCUT2D eigenvalue weighted by Crippen LogP contribution is 2.23. The highest BCUT2D eigenvalue weighted by molar-refractivity contribution is 5.98. The predicted octanol–water partition coefficient (Wildman–Crippen LogP) is 5.45. The van der Waals surface area contributed by atoms with E-state index in [4.69, 9.17) is 4.74 Å². The first-order valence-corrected chi connectivity index (χ1v) is 12.0. The molecule has 0 spiro atoms. The van der Waals surface area contributed by atoms with Crippen molar-refractivity contribution in [3.8, 4) is 16.9 Å². The fourth-order valence-electron chi connectivity index (χ4n) is 4.29. The zero-order valence-corrected chi connectivity index (χ0v) is 19.9. The third kappa shape index (κ3) is 5.84. The number of amides is 2. The summed E-state index contributed by atoms with van der Waals surface area (Å²) < 4.78 is 5.74. The molecule has 1 saturated heterocycles. The number of rotatable bonds is 7. The quantitative estimate of drug-likeness (QED) is 0.514. The van der Waals surface area contributed by atoms with Crippen LogP contribution in [0.1, 0.15) is 49.0 Å². The van der Waals surface area contributed by atoms with Gasteiger partial charge in [0.15, 0.2) is 0 Å². The summed E-state index contributed by atoms with van der Waals surface area (Å²) in [4.78, 5) is 28.3. The van der Waals surface area contributed by atoms with Crippen molar-refractivity contribution >= 4 is 11.8 Å². The van der Waals surface area contributed by atoms with Crippen LogP contribution < -0.4 is 10.1 Å².